The lowest BCUT2D eigenvalue weighted by molar-refractivity contribution is 0.345. The molecule has 0 radical (unpaired) electrons. The van der Waals surface area contributed by atoms with Gasteiger partial charge in [0.1, 0.15) is 18.0 Å². The van der Waals surface area contributed by atoms with Gasteiger partial charge in [0.05, 0.1) is 0 Å². The molecule has 1 aliphatic carbocycles. The van der Waals surface area contributed by atoms with E-state index < -0.39 is 0 Å². The van der Waals surface area contributed by atoms with Crippen LogP contribution in [0.2, 0.25) is 0 Å². The van der Waals surface area contributed by atoms with E-state index in [2.05, 4.69) is 27.5 Å². The summed E-state index contributed by atoms with van der Waals surface area (Å²) in [6.07, 6.45) is 9.97. The van der Waals surface area contributed by atoms with Gasteiger partial charge in [0.25, 0.3) is 0 Å². The van der Waals surface area contributed by atoms with Gasteiger partial charge < -0.3 is 10.6 Å². The first-order valence-electron chi connectivity index (χ1n) is 7.18. The highest BCUT2D eigenvalue weighted by atomic mass is 15.1. The molecule has 1 aromatic rings. The van der Waals surface area contributed by atoms with Crippen LogP contribution in [-0.4, -0.2) is 23.1 Å². The molecule has 0 saturated heterocycles. The van der Waals surface area contributed by atoms with Crippen LogP contribution in [0.25, 0.3) is 0 Å². The van der Waals surface area contributed by atoms with Gasteiger partial charge in [-0.15, -0.1) is 0 Å². The highest BCUT2D eigenvalue weighted by Gasteiger charge is 2.12. The lowest BCUT2D eigenvalue weighted by Crippen LogP contribution is -2.13. The molecule has 0 spiro atoms. The monoisotopic (exact) mass is 248 g/mol. The van der Waals surface area contributed by atoms with E-state index in [1.165, 1.54) is 38.5 Å². The van der Waals surface area contributed by atoms with Gasteiger partial charge in [0, 0.05) is 19.2 Å². The highest BCUT2D eigenvalue weighted by molar-refractivity contribution is 5.46. The summed E-state index contributed by atoms with van der Waals surface area (Å²) < 4.78 is 0. The number of hydrogen-bond donors (Lipinski definition) is 2. The van der Waals surface area contributed by atoms with Gasteiger partial charge in [0.2, 0.25) is 0 Å². The molecule has 4 nitrogen and oxygen atoms in total. The van der Waals surface area contributed by atoms with E-state index in [4.69, 9.17) is 0 Å². The maximum absolute atomic E-state index is 4.24. The van der Waals surface area contributed by atoms with E-state index in [1.54, 1.807) is 6.33 Å². The minimum atomic E-state index is 0.887. The number of nitrogens with zero attached hydrogens (tertiary/aromatic N) is 2. The summed E-state index contributed by atoms with van der Waals surface area (Å²) in [6, 6.07) is 1.98. The molecule has 0 amide bonds. The van der Waals surface area contributed by atoms with Crippen LogP contribution >= 0.6 is 0 Å². The molecular weight excluding hydrogens is 224 g/mol. The number of anilines is 2. The van der Waals surface area contributed by atoms with Gasteiger partial charge in [-0.3, -0.25) is 0 Å². The van der Waals surface area contributed by atoms with Crippen LogP contribution in [0.5, 0.6) is 0 Å². The number of nitrogens with one attached hydrogen (secondary N) is 2. The Hall–Kier alpha value is -1.32. The molecule has 0 unspecified atom stereocenters. The van der Waals surface area contributed by atoms with Crippen molar-refractivity contribution < 1.29 is 0 Å². The largest absolute Gasteiger partial charge is 0.370 e. The number of aromatic nitrogens is 2. The zero-order valence-corrected chi connectivity index (χ0v) is 11.3. The summed E-state index contributed by atoms with van der Waals surface area (Å²) in [4.78, 5) is 8.41. The van der Waals surface area contributed by atoms with Crippen molar-refractivity contribution in [3.05, 3.63) is 12.4 Å². The van der Waals surface area contributed by atoms with Crippen molar-refractivity contribution in [1.82, 2.24) is 9.97 Å². The van der Waals surface area contributed by atoms with E-state index >= 15 is 0 Å². The van der Waals surface area contributed by atoms with Crippen LogP contribution in [0.15, 0.2) is 12.4 Å². The molecule has 1 heterocycles. The molecule has 1 aromatic heterocycles. The lowest BCUT2D eigenvalue weighted by atomic mass is 9.87. The standard InChI is InChI=1S/C14H24N4/c1-2-15-13-10-14(18-11-17-13)16-9-8-12-6-4-3-5-7-12/h10-12H,2-9H2,1H3,(H2,15,16,17,18). The van der Waals surface area contributed by atoms with Crippen LogP contribution in [-0.2, 0) is 0 Å². The van der Waals surface area contributed by atoms with Crippen molar-refractivity contribution in [2.75, 3.05) is 23.7 Å². The average Bonchev–Trinajstić information content (AvgIpc) is 2.41. The van der Waals surface area contributed by atoms with E-state index in [0.29, 0.717) is 0 Å². The average molecular weight is 248 g/mol. The van der Waals surface area contributed by atoms with Gasteiger partial charge in [-0.05, 0) is 19.3 Å². The molecule has 2 N–H and O–H groups in total. The van der Waals surface area contributed by atoms with Crippen LogP contribution < -0.4 is 10.6 Å². The van der Waals surface area contributed by atoms with Gasteiger partial charge in [0.15, 0.2) is 0 Å². The summed E-state index contributed by atoms with van der Waals surface area (Å²) in [6.45, 7) is 3.98. The SMILES string of the molecule is CCNc1cc(NCCC2CCCCC2)ncn1. The maximum Gasteiger partial charge on any atom is 0.131 e. The molecule has 1 saturated carbocycles. The lowest BCUT2D eigenvalue weighted by Gasteiger charge is -2.21. The van der Waals surface area contributed by atoms with Gasteiger partial charge in [-0.1, -0.05) is 32.1 Å². The predicted octanol–water partition coefficient (Wildman–Crippen LogP) is 3.29. The van der Waals surface area contributed by atoms with Crippen molar-refractivity contribution in [1.29, 1.82) is 0 Å². The quantitative estimate of drug-likeness (QED) is 0.811. The Morgan fingerprint density at radius 2 is 1.83 bits per heavy atom. The van der Waals surface area contributed by atoms with Gasteiger partial charge in [-0.2, -0.15) is 0 Å². The smallest absolute Gasteiger partial charge is 0.131 e. The Kier molecular flexibility index (Phi) is 5.24. The normalized spacial score (nSPS) is 16.5. The Morgan fingerprint density at radius 3 is 2.56 bits per heavy atom. The molecular formula is C14H24N4. The summed E-state index contributed by atoms with van der Waals surface area (Å²) in [5, 5.41) is 6.60. The van der Waals surface area contributed by atoms with Crippen molar-refractivity contribution in [2.45, 2.75) is 45.4 Å². The third-order valence-electron chi connectivity index (χ3n) is 3.61. The van der Waals surface area contributed by atoms with E-state index in [9.17, 15) is 0 Å². The second kappa shape index (κ2) is 7.19. The minimum Gasteiger partial charge on any atom is -0.370 e. The Balaban J connectivity index is 1.73. The first-order valence-corrected chi connectivity index (χ1v) is 7.18. The molecule has 1 fully saturated rings. The minimum absolute atomic E-state index is 0.887. The van der Waals surface area contributed by atoms with Crippen LogP contribution in [0.4, 0.5) is 11.6 Å². The van der Waals surface area contributed by atoms with Crippen LogP contribution in [0.3, 0.4) is 0 Å². The fraction of sp³-hybridized carbons (Fsp3) is 0.714. The van der Waals surface area contributed by atoms with Crippen molar-refractivity contribution in [3.8, 4) is 0 Å². The summed E-state index contributed by atoms with van der Waals surface area (Å²) in [5.74, 6) is 2.74. The Morgan fingerprint density at radius 1 is 1.11 bits per heavy atom. The molecule has 2 rings (SSSR count). The fourth-order valence-electron chi connectivity index (χ4n) is 2.61. The third kappa shape index (κ3) is 4.17. The van der Waals surface area contributed by atoms with Crippen molar-refractivity contribution in [3.63, 3.8) is 0 Å². The van der Waals surface area contributed by atoms with Gasteiger partial charge in [-0.25, -0.2) is 9.97 Å². The van der Waals surface area contributed by atoms with E-state index in [-0.39, 0.29) is 0 Å². The summed E-state index contributed by atoms with van der Waals surface area (Å²) >= 11 is 0. The molecule has 100 valence electrons. The molecule has 1 aliphatic rings. The second-order valence-electron chi connectivity index (χ2n) is 5.04. The van der Waals surface area contributed by atoms with E-state index in [1.807, 2.05) is 6.07 Å². The first kappa shape index (κ1) is 13.1. The van der Waals surface area contributed by atoms with Gasteiger partial charge >= 0.3 is 0 Å². The van der Waals surface area contributed by atoms with Crippen molar-refractivity contribution >= 4 is 11.6 Å². The molecule has 4 heteroatoms. The van der Waals surface area contributed by atoms with Crippen molar-refractivity contribution in [2.24, 2.45) is 5.92 Å². The highest BCUT2D eigenvalue weighted by Crippen LogP contribution is 2.26. The number of hydrogen-bond acceptors (Lipinski definition) is 4. The fourth-order valence-corrected chi connectivity index (χ4v) is 2.61. The predicted molar refractivity (Wildman–Crippen MR) is 75.9 cm³/mol. The number of rotatable bonds is 6. The van der Waals surface area contributed by atoms with Crippen LogP contribution in [0, 0.1) is 5.92 Å². The molecule has 18 heavy (non-hydrogen) atoms. The zero-order chi connectivity index (χ0) is 12.6. The second-order valence-corrected chi connectivity index (χ2v) is 5.04. The Labute approximate surface area is 110 Å². The summed E-state index contributed by atoms with van der Waals surface area (Å²) in [7, 11) is 0. The third-order valence-corrected chi connectivity index (χ3v) is 3.61. The Bertz CT molecular complexity index is 347. The molecule has 0 atom stereocenters. The maximum atomic E-state index is 4.24. The molecule has 0 aliphatic heterocycles. The summed E-state index contributed by atoms with van der Waals surface area (Å²) in [5.41, 5.74) is 0. The molecule has 0 bridgehead atoms. The zero-order valence-electron chi connectivity index (χ0n) is 11.3. The van der Waals surface area contributed by atoms with E-state index in [0.717, 1.165) is 30.6 Å². The first-order chi connectivity index (χ1) is 8.88. The molecule has 0 aromatic carbocycles. The van der Waals surface area contributed by atoms with Crippen LogP contribution in [0.1, 0.15) is 45.4 Å². The topological polar surface area (TPSA) is 49.8 Å².